The predicted octanol–water partition coefficient (Wildman–Crippen LogP) is 1.75. The summed E-state index contributed by atoms with van der Waals surface area (Å²) in [6.45, 7) is 6.88. The Bertz CT molecular complexity index is 655. The number of nitrogens with zero attached hydrogens (tertiary/aromatic N) is 1. The number of rotatable bonds is 5. The van der Waals surface area contributed by atoms with Gasteiger partial charge in [0.1, 0.15) is 0 Å². The molecule has 1 aliphatic rings. The first-order chi connectivity index (χ1) is 10.3. The monoisotopic (exact) mass is 324 g/mol. The van der Waals surface area contributed by atoms with Gasteiger partial charge in [-0.05, 0) is 50.1 Å². The van der Waals surface area contributed by atoms with Crippen LogP contribution >= 0.6 is 0 Å². The molecule has 1 aromatic rings. The maximum absolute atomic E-state index is 12.2. The van der Waals surface area contributed by atoms with Crippen LogP contribution in [0.4, 0.5) is 5.69 Å². The van der Waals surface area contributed by atoms with E-state index in [-0.39, 0.29) is 30.0 Å². The number of anilines is 1. The molecule has 1 fully saturated rings. The van der Waals surface area contributed by atoms with E-state index in [4.69, 9.17) is 0 Å². The van der Waals surface area contributed by atoms with Crippen LogP contribution in [0.15, 0.2) is 18.2 Å². The first kappa shape index (κ1) is 17.0. The molecule has 1 N–H and O–H groups in total. The first-order valence-electron chi connectivity index (χ1n) is 7.62. The number of likely N-dealkylation sites (N-methyl/N-ethyl adjacent to an activating group) is 1. The van der Waals surface area contributed by atoms with Crippen LogP contribution in [0.3, 0.4) is 0 Å². The smallest absolute Gasteiger partial charge is 0.238 e. The normalized spacial score (nSPS) is 20.3. The summed E-state index contributed by atoms with van der Waals surface area (Å²) in [4.78, 5) is 14.1. The number of aryl methyl sites for hydroxylation is 2. The molecular weight excluding hydrogens is 300 g/mol. The molecule has 1 saturated heterocycles. The predicted molar refractivity (Wildman–Crippen MR) is 88.9 cm³/mol. The maximum atomic E-state index is 12.2. The summed E-state index contributed by atoms with van der Waals surface area (Å²) < 4.78 is 23.2. The van der Waals surface area contributed by atoms with Crippen molar-refractivity contribution in [1.82, 2.24) is 4.90 Å². The molecule has 0 aliphatic carbocycles. The number of carbonyl (C=O) groups is 1. The Kier molecular flexibility index (Phi) is 5.24. The fourth-order valence-electron chi connectivity index (χ4n) is 2.77. The summed E-state index contributed by atoms with van der Waals surface area (Å²) >= 11 is 0. The van der Waals surface area contributed by atoms with Crippen LogP contribution in [0.25, 0.3) is 0 Å². The second kappa shape index (κ2) is 6.79. The average Bonchev–Trinajstić information content (AvgIpc) is 2.80. The largest absolute Gasteiger partial charge is 0.325 e. The number of carbonyl (C=O) groups excluding carboxylic acids is 1. The number of hydrogen-bond acceptors (Lipinski definition) is 4. The highest BCUT2D eigenvalue weighted by Crippen LogP contribution is 2.18. The van der Waals surface area contributed by atoms with Gasteiger partial charge in [0.05, 0.1) is 18.1 Å². The molecule has 1 aliphatic heterocycles. The van der Waals surface area contributed by atoms with E-state index < -0.39 is 9.84 Å². The fourth-order valence-corrected chi connectivity index (χ4v) is 4.53. The highest BCUT2D eigenvalue weighted by atomic mass is 32.2. The number of sulfone groups is 1. The highest BCUT2D eigenvalue weighted by Gasteiger charge is 2.32. The Labute approximate surface area is 132 Å². The van der Waals surface area contributed by atoms with E-state index in [0.717, 1.165) is 11.3 Å². The minimum atomic E-state index is -2.93. The third-order valence-electron chi connectivity index (χ3n) is 4.27. The molecule has 1 heterocycles. The molecule has 122 valence electrons. The van der Waals surface area contributed by atoms with Gasteiger partial charge in [-0.25, -0.2) is 8.42 Å². The molecule has 0 aromatic heterocycles. The van der Waals surface area contributed by atoms with Crippen molar-refractivity contribution >= 4 is 21.4 Å². The van der Waals surface area contributed by atoms with E-state index >= 15 is 0 Å². The zero-order valence-corrected chi connectivity index (χ0v) is 14.2. The van der Waals surface area contributed by atoms with Crippen molar-refractivity contribution in [1.29, 1.82) is 0 Å². The fraction of sp³-hybridized carbons (Fsp3) is 0.562. The third kappa shape index (κ3) is 4.30. The van der Waals surface area contributed by atoms with Gasteiger partial charge in [-0.1, -0.05) is 13.0 Å². The van der Waals surface area contributed by atoms with E-state index in [2.05, 4.69) is 5.32 Å². The maximum Gasteiger partial charge on any atom is 0.238 e. The van der Waals surface area contributed by atoms with Gasteiger partial charge in [-0.2, -0.15) is 0 Å². The SMILES string of the molecule is CCN(CC(=O)Nc1ccc(C)c(C)c1)C1CCS(=O)(=O)C1. The molecule has 0 bridgehead atoms. The lowest BCUT2D eigenvalue weighted by Crippen LogP contribution is -2.41. The van der Waals surface area contributed by atoms with Crippen molar-refractivity contribution in [3.63, 3.8) is 0 Å². The Balaban J connectivity index is 1.96. The summed E-state index contributed by atoms with van der Waals surface area (Å²) in [6.07, 6.45) is 0.618. The lowest BCUT2D eigenvalue weighted by molar-refractivity contribution is -0.117. The van der Waals surface area contributed by atoms with Crippen LogP contribution < -0.4 is 5.32 Å². The molecule has 0 radical (unpaired) electrons. The standard InChI is InChI=1S/C16H24N2O3S/c1-4-18(15-7-8-22(20,21)11-15)10-16(19)17-14-6-5-12(2)13(3)9-14/h5-6,9,15H,4,7-8,10-11H2,1-3H3,(H,17,19). The molecule has 1 atom stereocenters. The van der Waals surface area contributed by atoms with Gasteiger partial charge < -0.3 is 5.32 Å². The lowest BCUT2D eigenvalue weighted by atomic mass is 10.1. The molecule has 0 saturated carbocycles. The molecule has 1 unspecified atom stereocenters. The van der Waals surface area contributed by atoms with Gasteiger partial charge in [0.2, 0.25) is 5.91 Å². The minimum Gasteiger partial charge on any atom is -0.325 e. The molecule has 1 aromatic carbocycles. The number of hydrogen-bond donors (Lipinski definition) is 1. The quantitative estimate of drug-likeness (QED) is 0.896. The van der Waals surface area contributed by atoms with Crippen molar-refractivity contribution in [3.05, 3.63) is 29.3 Å². The molecule has 1 amide bonds. The number of amides is 1. The summed E-state index contributed by atoms with van der Waals surface area (Å²) in [7, 11) is -2.93. The van der Waals surface area contributed by atoms with Crippen molar-refractivity contribution in [3.8, 4) is 0 Å². The van der Waals surface area contributed by atoms with Gasteiger partial charge in [0.15, 0.2) is 9.84 Å². The van der Waals surface area contributed by atoms with E-state index in [9.17, 15) is 13.2 Å². The van der Waals surface area contributed by atoms with E-state index in [1.807, 2.05) is 43.9 Å². The van der Waals surface area contributed by atoms with Crippen molar-refractivity contribution in [2.75, 3.05) is 29.9 Å². The van der Waals surface area contributed by atoms with Gasteiger partial charge in [0, 0.05) is 11.7 Å². The molecule has 5 nitrogen and oxygen atoms in total. The van der Waals surface area contributed by atoms with Crippen molar-refractivity contribution in [2.45, 2.75) is 33.2 Å². The van der Waals surface area contributed by atoms with E-state index in [1.54, 1.807) is 0 Å². The first-order valence-corrected chi connectivity index (χ1v) is 9.44. The number of benzene rings is 1. The third-order valence-corrected chi connectivity index (χ3v) is 6.02. The topological polar surface area (TPSA) is 66.5 Å². The van der Waals surface area contributed by atoms with Crippen LogP contribution in [0, 0.1) is 13.8 Å². The van der Waals surface area contributed by atoms with Gasteiger partial charge in [-0.15, -0.1) is 0 Å². The molecule has 22 heavy (non-hydrogen) atoms. The highest BCUT2D eigenvalue weighted by molar-refractivity contribution is 7.91. The average molecular weight is 324 g/mol. The Morgan fingerprint density at radius 2 is 2.05 bits per heavy atom. The second-order valence-electron chi connectivity index (χ2n) is 5.97. The van der Waals surface area contributed by atoms with Crippen LogP contribution in [-0.2, 0) is 14.6 Å². The lowest BCUT2D eigenvalue weighted by Gasteiger charge is -2.25. The Morgan fingerprint density at radius 3 is 2.59 bits per heavy atom. The Hall–Kier alpha value is -1.40. The summed E-state index contributed by atoms with van der Waals surface area (Å²) in [6, 6.07) is 5.77. The molecule has 0 spiro atoms. The zero-order chi connectivity index (χ0) is 16.3. The molecular formula is C16H24N2O3S. The van der Waals surface area contributed by atoms with E-state index in [1.165, 1.54) is 5.56 Å². The van der Waals surface area contributed by atoms with Gasteiger partial charge in [0.25, 0.3) is 0 Å². The summed E-state index contributed by atoms with van der Waals surface area (Å²) in [5.74, 6) is 0.291. The van der Waals surface area contributed by atoms with Crippen LogP contribution in [-0.4, -0.2) is 49.9 Å². The van der Waals surface area contributed by atoms with Crippen molar-refractivity contribution in [2.24, 2.45) is 0 Å². The van der Waals surface area contributed by atoms with Crippen LogP contribution in [0.2, 0.25) is 0 Å². The van der Waals surface area contributed by atoms with E-state index in [0.29, 0.717) is 13.0 Å². The van der Waals surface area contributed by atoms with Gasteiger partial charge >= 0.3 is 0 Å². The summed E-state index contributed by atoms with van der Waals surface area (Å²) in [5.41, 5.74) is 3.10. The molecule has 6 heteroatoms. The minimum absolute atomic E-state index is 0.0412. The Morgan fingerprint density at radius 1 is 1.32 bits per heavy atom. The van der Waals surface area contributed by atoms with Crippen molar-refractivity contribution < 1.29 is 13.2 Å². The van der Waals surface area contributed by atoms with Crippen LogP contribution in [0.1, 0.15) is 24.5 Å². The van der Waals surface area contributed by atoms with Gasteiger partial charge in [-0.3, -0.25) is 9.69 Å². The second-order valence-corrected chi connectivity index (χ2v) is 8.20. The van der Waals surface area contributed by atoms with Crippen LogP contribution in [0.5, 0.6) is 0 Å². The molecule has 2 rings (SSSR count). The summed E-state index contributed by atoms with van der Waals surface area (Å²) in [5, 5.41) is 2.89. The zero-order valence-electron chi connectivity index (χ0n) is 13.4. The number of nitrogens with one attached hydrogen (secondary N) is 1.